The molecule has 1 heterocycles. The Morgan fingerprint density at radius 3 is 1.91 bits per heavy atom. The molecule has 1 aliphatic heterocycles. The highest BCUT2D eigenvalue weighted by atomic mass is 16.3. The maximum Gasteiger partial charge on any atom is 0.117 e. The van der Waals surface area contributed by atoms with E-state index in [9.17, 15) is 10.2 Å². The Morgan fingerprint density at radius 2 is 1.38 bits per heavy atom. The van der Waals surface area contributed by atoms with Crippen LogP contribution in [-0.2, 0) is 5.60 Å². The second-order valence-electron chi connectivity index (χ2n) is 9.18. The highest BCUT2D eigenvalue weighted by Gasteiger charge is 2.41. The molecule has 0 amide bonds. The molecule has 1 saturated heterocycles. The van der Waals surface area contributed by atoms with E-state index in [1.54, 1.807) is 0 Å². The summed E-state index contributed by atoms with van der Waals surface area (Å²) < 4.78 is 0. The van der Waals surface area contributed by atoms with Crippen LogP contribution < -0.4 is 0 Å². The quantitative estimate of drug-likeness (QED) is 0.500. The van der Waals surface area contributed by atoms with Crippen LogP contribution in [0.1, 0.15) is 54.0 Å². The van der Waals surface area contributed by atoms with E-state index in [-0.39, 0.29) is 5.92 Å². The molecule has 3 aromatic rings. The van der Waals surface area contributed by atoms with E-state index in [1.807, 2.05) is 72.8 Å². The third-order valence-electron chi connectivity index (χ3n) is 7.02. The molecule has 0 spiro atoms. The van der Waals surface area contributed by atoms with Crippen LogP contribution in [0.2, 0.25) is 0 Å². The first-order valence-electron chi connectivity index (χ1n) is 11.9. The van der Waals surface area contributed by atoms with Gasteiger partial charge >= 0.3 is 0 Å². The van der Waals surface area contributed by atoms with Crippen molar-refractivity contribution in [2.75, 3.05) is 19.6 Å². The molecular formula is C29H35NO2. The van der Waals surface area contributed by atoms with E-state index < -0.39 is 11.7 Å². The van der Waals surface area contributed by atoms with Gasteiger partial charge in [0.05, 0.1) is 6.10 Å². The molecule has 3 nitrogen and oxygen atoms in total. The standard InChI is InChI=1S/C29H35NO2/c1-23-14-16-24(17-15-23)28(31)13-8-20-30-21-18-27(19-22-30)29(32,25-9-4-2-5-10-25)26-11-6-3-7-12-26/h2-7,9-12,14-17,27-28,31-32H,8,13,18-22H2,1H3. The highest BCUT2D eigenvalue weighted by Crippen LogP contribution is 2.41. The van der Waals surface area contributed by atoms with Crippen molar-refractivity contribution in [2.45, 2.75) is 44.3 Å². The Morgan fingerprint density at radius 1 is 0.844 bits per heavy atom. The number of benzene rings is 3. The summed E-state index contributed by atoms with van der Waals surface area (Å²) >= 11 is 0. The molecule has 4 rings (SSSR count). The SMILES string of the molecule is Cc1ccc(C(O)CCCN2CCC(C(O)(c3ccccc3)c3ccccc3)CC2)cc1. The van der Waals surface area contributed by atoms with Gasteiger partial charge in [-0.15, -0.1) is 0 Å². The second-order valence-corrected chi connectivity index (χ2v) is 9.18. The number of nitrogens with zero attached hydrogens (tertiary/aromatic N) is 1. The number of aryl methyl sites for hydroxylation is 1. The Bertz CT molecular complexity index is 908. The molecule has 0 aromatic heterocycles. The first-order chi connectivity index (χ1) is 15.6. The average molecular weight is 430 g/mol. The maximum atomic E-state index is 12.0. The number of likely N-dealkylation sites (tertiary alicyclic amines) is 1. The molecule has 0 aliphatic carbocycles. The minimum Gasteiger partial charge on any atom is -0.388 e. The number of hydrogen-bond acceptors (Lipinski definition) is 3. The topological polar surface area (TPSA) is 43.7 Å². The molecule has 1 aliphatic rings. The van der Waals surface area contributed by atoms with Crippen LogP contribution in [0.3, 0.4) is 0 Å². The van der Waals surface area contributed by atoms with Crippen molar-refractivity contribution < 1.29 is 10.2 Å². The van der Waals surface area contributed by atoms with Gasteiger partial charge in [0.1, 0.15) is 5.60 Å². The maximum absolute atomic E-state index is 12.0. The van der Waals surface area contributed by atoms with Crippen molar-refractivity contribution in [3.05, 3.63) is 107 Å². The summed E-state index contributed by atoms with van der Waals surface area (Å²) in [6.07, 6.45) is 3.28. The van der Waals surface area contributed by atoms with Crippen molar-refractivity contribution in [1.82, 2.24) is 4.90 Å². The zero-order chi connectivity index (χ0) is 22.4. The van der Waals surface area contributed by atoms with Crippen molar-refractivity contribution in [3.63, 3.8) is 0 Å². The number of hydrogen-bond donors (Lipinski definition) is 2. The fourth-order valence-corrected chi connectivity index (χ4v) is 5.06. The first-order valence-corrected chi connectivity index (χ1v) is 11.9. The molecule has 1 unspecified atom stereocenters. The third kappa shape index (κ3) is 5.12. The van der Waals surface area contributed by atoms with Crippen LogP contribution in [0.25, 0.3) is 0 Å². The van der Waals surface area contributed by atoms with Crippen LogP contribution in [0.15, 0.2) is 84.9 Å². The lowest BCUT2D eigenvalue weighted by Gasteiger charge is -2.42. The molecule has 0 saturated carbocycles. The summed E-state index contributed by atoms with van der Waals surface area (Å²) in [6.45, 7) is 5.02. The second kappa shape index (κ2) is 10.4. The van der Waals surface area contributed by atoms with Crippen molar-refractivity contribution in [2.24, 2.45) is 5.92 Å². The van der Waals surface area contributed by atoms with Gasteiger partial charge in [0.2, 0.25) is 0 Å². The van der Waals surface area contributed by atoms with Crippen LogP contribution >= 0.6 is 0 Å². The Labute approximate surface area is 192 Å². The fraction of sp³-hybridized carbons (Fsp3) is 0.379. The molecule has 3 aromatic carbocycles. The van der Waals surface area contributed by atoms with Gasteiger partial charge in [0, 0.05) is 0 Å². The summed E-state index contributed by atoms with van der Waals surface area (Å²) in [4.78, 5) is 2.48. The summed E-state index contributed by atoms with van der Waals surface area (Å²) in [5, 5.41) is 22.5. The molecule has 32 heavy (non-hydrogen) atoms. The number of aliphatic hydroxyl groups is 2. The first kappa shape index (κ1) is 22.7. The predicted octanol–water partition coefficient (Wildman–Crippen LogP) is 5.46. The van der Waals surface area contributed by atoms with Crippen LogP contribution in [0.4, 0.5) is 0 Å². The van der Waals surface area contributed by atoms with Gasteiger partial charge < -0.3 is 15.1 Å². The molecule has 1 fully saturated rings. The van der Waals surface area contributed by atoms with Crippen molar-refractivity contribution in [3.8, 4) is 0 Å². The van der Waals surface area contributed by atoms with E-state index in [4.69, 9.17) is 0 Å². The Hall–Kier alpha value is -2.46. The highest BCUT2D eigenvalue weighted by molar-refractivity contribution is 5.37. The molecule has 0 bridgehead atoms. The van der Waals surface area contributed by atoms with E-state index in [0.717, 1.165) is 62.0 Å². The predicted molar refractivity (Wildman–Crippen MR) is 130 cm³/mol. The van der Waals surface area contributed by atoms with E-state index >= 15 is 0 Å². The average Bonchev–Trinajstić information content (AvgIpc) is 2.85. The molecular weight excluding hydrogens is 394 g/mol. The number of piperidine rings is 1. The van der Waals surface area contributed by atoms with E-state index in [0.29, 0.717) is 0 Å². The minimum absolute atomic E-state index is 0.182. The summed E-state index contributed by atoms with van der Waals surface area (Å²) in [6, 6.07) is 28.4. The lowest BCUT2D eigenvalue weighted by atomic mass is 9.72. The summed E-state index contributed by atoms with van der Waals surface area (Å²) in [5.41, 5.74) is 3.22. The third-order valence-corrected chi connectivity index (χ3v) is 7.02. The van der Waals surface area contributed by atoms with Gasteiger partial charge in [-0.05, 0) is 74.8 Å². The summed E-state index contributed by atoms with van der Waals surface area (Å²) in [5.74, 6) is 0.182. The molecule has 3 heteroatoms. The monoisotopic (exact) mass is 429 g/mol. The van der Waals surface area contributed by atoms with Gasteiger partial charge in [0.25, 0.3) is 0 Å². The zero-order valence-electron chi connectivity index (χ0n) is 19.0. The van der Waals surface area contributed by atoms with Gasteiger partial charge in [-0.3, -0.25) is 0 Å². The molecule has 168 valence electrons. The Kier molecular flexibility index (Phi) is 7.41. The van der Waals surface area contributed by atoms with E-state index in [2.05, 4.69) is 24.0 Å². The largest absolute Gasteiger partial charge is 0.388 e. The normalized spacial score (nSPS) is 16.7. The van der Waals surface area contributed by atoms with Crippen LogP contribution in [-0.4, -0.2) is 34.7 Å². The van der Waals surface area contributed by atoms with Gasteiger partial charge in [0.15, 0.2) is 0 Å². The lowest BCUT2D eigenvalue weighted by Crippen LogP contribution is -2.44. The van der Waals surface area contributed by atoms with Gasteiger partial charge in [-0.2, -0.15) is 0 Å². The van der Waals surface area contributed by atoms with Crippen molar-refractivity contribution in [1.29, 1.82) is 0 Å². The molecule has 0 radical (unpaired) electrons. The van der Waals surface area contributed by atoms with E-state index in [1.165, 1.54) is 5.56 Å². The smallest absolute Gasteiger partial charge is 0.117 e. The van der Waals surface area contributed by atoms with Gasteiger partial charge in [-0.25, -0.2) is 0 Å². The Balaban J connectivity index is 1.35. The molecule has 1 atom stereocenters. The lowest BCUT2D eigenvalue weighted by molar-refractivity contribution is -0.0146. The zero-order valence-corrected chi connectivity index (χ0v) is 19.0. The number of rotatable bonds is 8. The fourth-order valence-electron chi connectivity index (χ4n) is 5.06. The number of aliphatic hydroxyl groups excluding tert-OH is 1. The van der Waals surface area contributed by atoms with Crippen LogP contribution in [0.5, 0.6) is 0 Å². The van der Waals surface area contributed by atoms with Crippen molar-refractivity contribution >= 4 is 0 Å². The summed E-state index contributed by atoms with van der Waals surface area (Å²) in [7, 11) is 0. The molecule has 2 N–H and O–H groups in total. The van der Waals surface area contributed by atoms with Gasteiger partial charge in [-0.1, -0.05) is 90.5 Å². The minimum atomic E-state index is -0.962. The van der Waals surface area contributed by atoms with Crippen LogP contribution in [0, 0.1) is 12.8 Å².